The van der Waals surface area contributed by atoms with E-state index in [2.05, 4.69) is 24.3 Å². The van der Waals surface area contributed by atoms with Crippen molar-refractivity contribution in [3.8, 4) is 0 Å². The van der Waals surface area contributed by atoms with Crippen LogP contribution in [0.3, 0.4) is 0 Å². The van der Waals surface area contributed by atoms with Gasteiger partial charge in [0, 0.05) is 0 Å². The van der Waals surface area contributed by atoms with Gasteiger partial charge in [0.25, 0.3) is 0 Å². The second-order valence-electron chi connectivity index (χ2n) is 8.99. The Labute approximate surface area is 237 Å². The second kappa shape index (κ2) is 16.7. The van der Waals surface area contributed by atoms with Gasteiger partial charge in [-0.05, 0) is 0 Å². The first-order valence-electron chi connectivity index (χ1n) is 13.0. The molecule has 0 radical (unpaired) electrons. The number of ether oxygens (including phenoxy) is 4. The van der Waals surface area contributed by atoms with E-state index in [1.807, 2.05) is 97.1 Å². The van der Waals surface area contributed by atoms with E-state index in [9.17, 15) is 4.79 Å². The van der Waals surface area contributed by atoms with Crippen molar-refractivity contribution in [3.05, 3.63) is 138 Å². The molecule has 202 valence electrons. The number of carbonyl (C=O) groups excluding carboxylic acids is 1. The zero-order chi connectivity index (χ0) is 27.0. The summed E-state index contributed by atoms with van der Waals surface area (Å²) in [6.07, 6.45) is -1.48. The van der Waals surface area contributed by atoms with Gasteiger partial charge in [-0.15, -0.1) is 0 Å². The molecule has 0 fully saturated rings. The zero-order valence-electron chi connectivity index (χ0n) is 21.8. The fourth-order valence-corrected chi connectivity index (χ4v) is 6.16. The van der Waals surface area contributed by atoms with Crippen LogP contribution in [-0.2, 0) is 43.6 Å². The summed E-state index contributed by atoms with van der Waals surface area (Å²) in [5, 5.41) is 0.751. The molecule has 0 N–H and O–H groups in total. The van der Waals surface area contributed by atoms with Crippen LogP contribution in [0, 0.1) is 0 Å². The van der Waals surface area contributed by atoms with Crippen molar-refractivity contribution in [3.63, 3.8) is 0 Å². The van der Waals surface area contributed by atoms with Crippen molar-refractivity contribution in [1.29, 1.82) is 0 Å². The molecule has 3 atom stereocenters. The molecule has 4 aromatic carbocycles. The van der Waals surface area contributed by atoms with E-state index in [1.54, 1.807) is 0 Å². The Morgan fingerprint density at radius 1 is 0.590 bits per heavy atom. The summed E-state index contributed by atoms with van der Waals surface area (Å²) in [6.45, 7) is 1.88. The monoisotopic (exact) mass is 590 g/mol. The third kappa shape index (κ3) is 10.1. The van der Waals surface area contributed by atoms with E-state index in [4.69, 9.17) is 18.9 Å². The van der Waals surface area contributed by atoms with Crippen LogP contribution in [0.5, 0.6) is 0 Å². The van der Waals surface area contributed by atoms with Gasteiger partial charge >= 0.3 is 238 Å². The molecule has 0 saturated carbocycles. The van der Waals surface area contributed by atoms with Gasteiger partial charge in [0.15, 0.2) is 0 Å². The Hall–Kier alpha value is -3.25. The first-order chi connectivity index (χ1) is 19.3. The van der Waals surface area contributed by atoms with Crippen LogP contribution in [-0.4, -0.2) is 46.3 Å². The maximum atomic E-state index is 11.6. The van der Waals surface area contributed by atoms with E-state index in [-0.39, 0.29) is 27.7 Å². The fraction of sp³-hybridized carbons (Fsp3) is 0.242. The summed E-state index contributed by atoms with van der Waals surface area (Å²) in [7, 11) is 0. The Morgan fingerprint density at radius 3 is 1.62 bits per heavy atom. The zero-order valence-corrected chi connectivity index (χ0v) is 23.6. The van der Waals surface area contributed by atoms with E-state index in [0.29, 0.717) is 26.3 Å². The first-order valence-corrected chi connectivity index (χ1v) is 15.1. The molecule has 0 bridgehead atoms. The Morgan fingerprint density at radius 2 is 1.08 bits per heavy atom. The molecule has 4 rings (SSSR count). The van der Waals surface area contributed by atoms with Crippen LogP contribution in [0.2, 0.25) is 5.32 Å². The van der Waals surface area contributed by atoms with Gasteiger partial charge in [-0.25, -0.2) is 0 Å². The minimum absolute atomic E-state index is 0.133. The third-order valence-electron chi connectivity index (χ3n) is 6.11. The van der Waals surface area contributed by atoms with Crippen molar-refractivity contribution >= 4 is 25.9 Å². The Balaban J connectivity index is 1.54. The minimum atomic E-state index is -0.637. The van der Waals surface area contributed by atoms with E-state index in [0.717, 1.165) is 22.0 Å². The SMILES string of the molecule is O=CO[C@H](COCc1ccccc1)[C@H](OCc1ccccc1)[C@@H](C[Se]c1ccccc1)OCc1ccccc1. The number of benzene rings is 4. The average molecular weight is 590 g/mol. The third-order valence-corrected chi connectivity index (χ3v) is 8.42. The molecule has 5 nitrogen and oxygen atoms in total. The predicted molar refractivity (Wildman–Crippen MR) is 154 cm³/mol. The van der Waals surface area contributed by atoms with Crippen LogP contribution in [0.15, 0.2) is 121 Å². The first kappa shape index (κ1) is 28.7. The van der Waals surface area contributed by atoms with Crippen molar-refractivity contribution in [2.24, 2.45) is 0 Å². The van der Waals surface area contributed by atoms with Gasteiger partial charge in [-0.3, -0.25) is 0 Å². The standard InChI is InChI=1S/C33H34O5Se/c34-26-38-31(24-35-21-27-13-5-1-6-14-27)33(37-23-29-17-9-3-10-18-29)32(25-39-30-19-11-4-12-20-30)36-22-28-15-7-2-8-16-28/h1-20,26,31-33H,21-25H2/t31-,32-,33+/m1/s1. The molecule has 0 spiro atoms. The summed E-state index contributed by atoms with van der Waals surface area (Å²) in [4.78, 5) is 11.6. The Kier molecular flexibility index (Phi) is 12.3. The van der Waals surface area contributed by atoms with Gasteiger partial charge < -0.3 is 0 Å². The molecule has 39 heavy (non-hydrogen) atoms. The molecular formula is C33H34O5Se. The normalized spacial score (nSPS) is 13.3. The molecule has 6 heteroatoms. The summed E-state index contributed by atoms with van der Waals surface area (Å²) >= 11 is 0.133. The van der Waals surface area contributed by atoms with Crippen molar-refractivity contribution in [1.82, 2.24) is 0 Å². The quantitative estimate of drug-likeness (QED) is 0.123. The number of hydrogen-bond acceptors (Lipinski definition) is 5. The summed E-state index contributed by atoms with van der Waals surface area (Å²) in [6, 6.07) is 40.4. The molecule has 0 saturated heterocycles. The van der Waals surface area contributed by atoms with Crippen LogP contribution in [0.25, 0.3) is 0 Å². The Bertz CT molecular complexity index is 1150. The fourth-order valence-electron chi connectivity index (χ4n) is 4.08. The molecule has 0 heterocycles. The average Bonchev–Trinajstić information content (AvgIpc) is 3.00. The molecule has 0 unspecified atom stereocenters. The predicted octanol–water partition coefficient (Wildman–Crippen LogP) is 5.36. The van der Waals surface area contributed by atoms with Gasteiger partial charge in [-0.2, -0.15) is 0 Å². The van der Waals surface area contributed by atoms with E-state index < -0.39 is 12.2 Å². The van der Waals surface area contributed by atoms with Crippen LogP contribution in [0.1, 0.15) is 16.7 Å². The maximum absolute atomic E-state index is 11.6. The summed E-state index contributed by atoms with van der Waals surface area (Å²) in [5.41, 5.74) is 3.16. The van der Waals surface area contributed by atoms with Crippen molar-refractivity contribution in [2.45, 2.75) is 43.5 Å². The van der Waals surface area contributed by atoms with Crippen LogP contribution < -0.4 is 4.46 Å². The van der Waals surface area contributed by atoms with Gasteiger partial charge in [0.05, 0.1) is 0 Å². The number of hydrogen-bond donors (Lipinski definition) is 0. The van der Waals surface area contributed by atoms with Gasteiger partial charge in [0.2, 0.25) is 0 Å². The van der Waals surface area contributed by atoms with Crippen LogP contribution in [0.4, 0.5) is 0 Å². The summed E-state index contributed by atoms with van der Waals surface area (Å²) < 4.78 is 25.9. The molecule has 0 amide bonds. The topological polar surface area (TPSA) is 54.0 Å². The van der Waals surface area contributed by atoms with E-state index in [1.165, 1.54) is 4.46 Å². The molecule has 4 aromatic rings. The molecule has 0 aliphatic carbocycles. The number of carbonyl (C=O) groups is 1. The number of rotatable bonds is 17. The van der Waals surface area contributed by atoms with E-state index >= 15 is 0 Å². The van der Waals surface area contributed by atoms with Crippen molar-refractivity contribution in [2.75, 3.05) is 6.61 Å². The van der Waals surface area contributed by atoms with Gasteiger partial charge in [0.1, 0.15) is 0 Å². The molecule has 0 aromatic heterocycles. The molecule has 0 aliphatic heterocycles. The second-order valence-corrected chi connectivity index (χ2v) is 11.3. The van der Waals surface area contributed by atoms with Crippen LogP contribution >= 0.6 is 0 Å². The molecule has 0 aliphatic rings. The van der Waals surface area contributed by atoms with Crippen molar-refractivity contribution < 1.29 is 23.7 Å². The molecular weight excluding hydrogens is 555 g/mol. The summed E-state index contributed by atoms with van der Waals surface area (Å²) in [5.74, 6) is 0. The van der Waals surface area contributed by atoms with Gasteiger partial charge in [-0.1, -0.05) is 0 Å².